The van der Waals surface area contributed by atoms with E-state index in [0.717, 1.165) is 52.2 Å². The number of hydrogen-bond acceptors (Lipinski definition) is 2. The van der Waals surface area contributed by atoms with Gasteiger partial charge in [0.25, 0.3) is 0 Å². The van der Waals surface area contributed by atoms with Crippen LogP contribution in [0.15, 0.2) is 54.6 Å². The standard InChI is InChI=1S/C22H20Cl2N4/c23-16-8-10-17(11-9-16)25-14-21-26-28-20(18-6-1-2-7-19(18)24)13-15-5-3-4-12-27(21)22(15)28/h1-2,6-11,13,25H,3-5,12,14H2. The first-order chi connectivity index (χ1) is 13.7. The van der Waals surface area contributed by atoms with Gasteiger partial charge < -0.3 is 9.88 Å². The van der Waals surface area contributed by atoms with E-state index in [-0.39, 0.29) is 0 Å². The van der Waals surface area contributed by atoms with Crippen molar-refractivity contribution in [2.75, 3.05) is 5.32 Å². The minimum Gasteiger partial charge on any atom is -0.378 e. The number of benzene rings is 2. The summed E-state index contributed by atoms with van der Waals surface area (Å²) in [5.41, 5.74) is 5.65. The summed E-state index contributed by atoms with van der Waals surface area (Å²) in [7, 11) is 0. The molecule has 0 amide bonds. The van der Waals surface area contributed by atoms with Crippen molar-refractivity contribution in [3.63, 3.8) is 0 Å². The molecule has 142 valence electrons. The largest absolute Gasteiger partial charge is 0.378 e. The van der Waals surface area contributed by atoms with Crippen molar-refractivity contribution < 1.29 is 0 Å². The lowest BCUT2D eigenvalue weighted by atomic mass is 10.1. The molecular formula is C22H20Cl2N4. The highest BCUT2D eigenvalue weighted by Gasteiger charge is 2.22. The highest BCUT2D eigenvalue weighted by molar-refractivity contribution is 6.33. The van der Waals surface area contributed by atoms with E-state index in [1.807, 2.05) is 42.5 Å². The summed E-state index contributed by atoms with van der Waals surface area (Å²) < 4.78 is 4.42. The summed E-state index contributed by atoms with van der Waals surface area (Å²) >= 11 is 12.5. The first kappa shape index (κ1) is 17.7. The molecule has 1 N–H and O–H groups in total. The molecule has 2 aromatic heterocycles. The fraction of sp³-hybridized carbons (Fsp3) is 0.227. The molecule has 28 heavy (non-hydrogen) atoms. The maximum absolute atomic E-state index is 6.49. The zero-order chi connectivity index (χ0) is 19.1. The molecule has 5 rings (SSSR count). The quantitative estimate of drug-likeness (QED) is 0.443. The topological polar surface area (TPSA) is 34.3 Å². The molecule has 1 aliphatic rings. The van der Waals surface area contributed by atoms with Crippen LogP contribution in [0.4, 0.5) is 5.69 Å². The molecule has 2 aromatic carbocycles. The predicted molar refractivity (Wildman–Crippen MR) is 115 cm³/mol. The lowest BCUT2D eigenvalue weighted by Gasteiger charge is -2.08. The fourth-order valence-corrected chi connectivity index (χ4v) is 4.32. The molecular weight excluding hydrogens is 391 g/mol. The molecule has 1 aliphatic heterocycles. The van der Waals surface area contributed by atoms with Gasteiger partial charge in [-0.3, -0.25) is 0 Å². The summed E-state index contributed by atoms with van der Waals surface area (Å²) in [5.74, 6) is 1.03. The lowest BCUT2D eigenvalue weighted by Crippen LogP contribution is -2.08. The summed E-state index contributed by atoms with van der Waals surface area (Å²) in [6, 6.07) is 18.0. The molecule has 4 nitrogen and oxygen atoms in total. The molecule has 6 heteroatoms. The maximum atomic E-state index is 6.49. The van der Waals surface area contributed by atoms with E-state index in [1.54, 1.807) is 0 Å². The van der Waals surface area contributed by atoms with E-state index in [9.17, 15) is 0 Å². The van der Waals surface area contributed by atoms with Crippen LogP contribution in [0.1, 0.15) is 24.2 Å². The summed E-state index contributed by atoms with van der Waals surface area (Å²) in [6.07, 6.45) is 3.42. The first-order valence-electron chi connectivity index (χ1n) is 9.55. The monoisotopic (exact) mass is 410 g/mol. The number of nitrogens with one attached hydrogen (secondary N) is 1. The van der Waals surface area contributed by atoms with Gasteiger partial charge in [0.15, 0.2) is 5.82 Å². The average molecular weight is 411 g/mol. The molecule has 0 saturated carbocycles. The van der Waals surface area contributed by atoms with Gasteiger partial charge in [-0.2, -0.15) is 5.10 Å². The van der Waals surface area contributed by atoms with Crippen LogP contribution in [0.3, 0.4) is 0 Å². The summed E-state index contributed by atoms with van der Waals surface area (Å²) in [5, 5.41) is 9.92. The minimum atomic E-state index is 0.657. The van der Waals surface area contributed by atoms with Gasteiger partial charge in [0.1, 0.15) is 5.65 Å². The molecule has 0 aliphatic carbocycles. The third-order valence-corrected chi connectivity index (χ3v) is 5.91. The van der Waals surface area contributed by atoms with E-state index in [4.69, 9.17) is 28.3 Å². The van der Waals surface area contributed by atoms with Crippen molar-refractivity contribution in [1.29, 1.82) is 0 Å². The highest BCUT2D eigenvalue weighted by atomic mass is 35.5. The number of nitrogens with zero attached hydrogens (tertiary/aromatic N) is 3. The van der Waals surface area contributed by atoms with Crippen LogP contribution in [0.5, 0.6) is 0 Å². The third kappa shape index (κ3) is 3.07. The van der Waals surface area contributed by atoms with Gasteiger partial charge in [-0.25, -0.2) is 4.52 Å². The van der Waals surface area contributed by atoms with Crippen LogP contribution in [-0.4, -0.2) is 14.2 Å². The van der Waals surface area contributed by atoms with Gasteiger partial charge in [-0.1, -0.05) is 41.4 Å². The van der Waals surface area contributed by atoms with Crippen LogP contribution >= 0.6 is 23.2 Å². The van der Waals surface area contributed by atoms with Gasteiger partial charge in [-0.05, 0) is 61.2 Å². The Bertz CT molecular complexity index is 1140. The Morgan fingerprint density at radius 2 is 1.82 bits per heavy atom. The van der Waals surface area contributed by atoms with Crippen molar-refractivity contribution in [2.24, 2.45) is 0 Å². The predicted octanol–water partition coefficient (Wildman–Crippen LogP) is 6.06. The van der Waals surface area contributed by atoms with Crippen molar-refractivity contribution >= 4 is 34.5 Å². The van der Waals surface area contributed by atoms with E-state index < -0.39 is 0 Å². The third-order valence-electron chi connectivity index (χ3n) is 5.33. The van der Waals surface area contributed by atoms with E-state index in [0.29, 0.717) is 6.54 Å². The van der Waals surface area contributed by atoms with E-state index >= 15 is 0 Å². The molecule has 0 fully saturated rings. The van der Waals surface area contributed by atoms with Crippen LogP contribution in [-0.2, 0) is 19.5 Å². The second-order valence-corrected chi connectivity index (χ2v) is 8.00. The van der Waals surface area contributed by atoms with Crippen molar-refractivity contribution in [3.05, 3.63) is 76.0 Å². The number of rotatable bonds is 4. The van der Waals surface area contributed by atoms with Gasteiger partial charge in [0, 0.05) is 27.8 Å². The first-order valence-corrected chi connectivity index (χ1v) is 10.3. The Morgan fingerprint density at radius 1 is 1.00 bits per heavy atom. The zero-order valence-corrected chi connectivity index (χ0v) is 16.8. The van der Waals surface area contributed by atoms with Crippen LogP contribution in [0, 0.1) is 0 Å². The SMILES string of the molecule is Clc1ccc(NCc2nn3c(-c4ccccc4Cl)cc4c3n2CCCC4)cc1. The Labute approximate surface area is 173 Å². The van der Waals surface area contributed by atoms with Gasteiger partial charge >= 0.3 is 0 Å². The molecule has 4 aromatic rings. The second-order valence-electron chi connectivity index (χ2n) is 7.16. The average Bonchev–Trinajstić information content (AvgIpc) is 3.14. The lowest BCUT2D eigenvalue weighted by molar-refractivity contribution is 0.619. The molecule has 0 bridgehead atoms. The number of aryl methyl sites for hydroxylation is 2. The maximum Gasteiger partial charge on any atom is 0.150 e. The summed E-state index contributed by atoms with van der Waals surface area (Å²) in [6.45, 7) is 1.64. The van der Waals surface area contributed by atoms with Crippen LogP contribution in [0.25, 0.3) is 16.9 Å². The van der Waals surface area contributed by atoms with Gasteiger partial charge in [-0.15, -0.1) is 0 Å². The van der Waals surface area contributed by atoms with Gasteiger partial charge in [0.2, 0.25) is 0 Å². The van der Waals surface area contributed by atoms with Crippen molar-refractivity contribution in [1.82, 2.24) is 14.2 Å². The number of halogens is 2. The highest BCUT2D eigenvalue weighted by Crippen LogP contribution is 2.33. The van der Waals surface area contributed by atoms with Crippen LogP contribution < -0.4 is 5.32 Å². The second kappa shape index (κ2) is 7.19. The molecule has 0 unspecified atom stereocenters. The normalized spacial score (nSPS) is 13.6. The molecule has 0 saturated heterocycles. The Balaban J connectivity index is 1.58. The Kier molecular flexibility index (Phi) is 4.53. The number of anilines is 1. The fourth-order valence-electron chi connectivity index (χ4n) is 3.97. The van der Waals surface area contributed by atoms with E-state index in [1.165, 1.54) is 17.6 Å². The Hall–Kier alpha value is -2.43. The zero-order valence-electron chi connectivity index (χ0n) is 15.3. The van der Waals surface area contributed by atoms with E-state index in [2.05, 4.69) is 26.5 Å². The van der Waals surface area contributed by atoms with Gasteiger partial charge in [0.05, 0.1) is 12.2 Å². The summed E-state index contributed by atoms with van der Waals surface area (Å²) in [4.78, 5) is 0. The molecule has 0 spiro atoms. The molecule has 0 atom stereocenters. The van der Waals surface area contributed by atoms with Crippen molar-refractivity contribution in [2.45, 2.75) is 32.4 Å². The minimum absolute atomic E-state index is 0.657. The molecule has 0 radical (unpaired) electrons. The van der Waals surface area contributed by atoms with Crippen LogP contribution in [0.2, 0.25) is 10.0 Å². The smallest absolute Gasteiger partial charge is 0.150 e. The van der Waals surface area contributed by atoms with Crippen molar-refractivity contribution in [3.8, 4) is 11.3 Å². The molecule has 3 heterocycles. The number of hydrogen-bond donors (Lipinski definition) is 1. The number of aromatic nitrogens is 3. The Morgan fingerprint density at radius 3 is 2.64 bits per heavy atom.